The fraction of sp³-hybridized carbons (Fsp3) is 0.500. The third-order valence-corrected chi connectivity index (χ3v) is 5.98. The molecule has 0 atom stereocenters. The first kappa shape index (κ1) is 23.3. The number of aryl methyl sites for hydroxylation is 2. The van der Waals surface area contributed by atoms with E-state index in [0.29, 0.717) is 51.9 Å². The molecule has 0 spiro atoms. The lowest BCUT2D eigenvalue weighted by molar-refractivity contribution is -0.131. The monoisotopic (exact) mass is 436 g/mol. The van der Waals surface area contributed by atoms with Crippen LogP contribution in [0.4, 0.5) is 5.69 Å². The van der Waals surface area contributed by atoms with Crippen molar-refractivity contribution in [1.82, 2.24) is 20.0 Å². The maximum Gasteiger partial charge on any atom is 0.224 e. The molecule has 8 heteroatoms. The van der Waals surface area contributed by atoms with Gasteiger partial charge in [-0.2, -0.15) is 10.4 Å². The number of hydrogen-bond donors (Lipinski definition) is 1. The highest BCUT2D eigenvalue weighted by Crippen LogP contribution is 2.17. The molecular weight excluding hydrogens is 404 g/mol. The highest BCUT2D eigenvalue weighted by molar-refractivity contribution is 5.79. The highest BCUT2D eigenvalue weighted by Gasteiger charge is 2.21. The Balaban J connectivity index is 1.36. The van der Waals surface area contributed by atoms with Gasteiger partial charge in [-0.05, 0) is 38.0 Å². The Morgan fingerprint density at radius 1 is 1.09 bits per heavy atom. The number of hydrogen-bond acceptors (Lipinski definition) is 5. The molecule has 1 N–H and O–H groups in total. The van der Waals surface area contributed by atoms with Gasteiger partial charge < -0.3 is 15.1 Å². The molecule has 170 valence electrons. The predicted octanol–water partition coefficient (Wildman–Crippen LogP) is 2.20. The lowest BCUT2D eigenvalue weighted by atomic mass is 10.1. The summed E-state index contributed by atoms with van der Waals surface area (Å²) in [6, 6.07) is 12.4. The molecule has 3 rings (SSSR count). The summed E-state index contributed by atoms with van der Waals surface area (Å²) in [5, 5.41) is 16.1. The van der Waals surface area contributed by atoms with Crippen molar-refractivity contribution in [3.8, 4) is 6.07 Å². The smallest absolute Gasteiger partial charge is 0.224 e. The predicted molar refractivity (Wildman–Crippen MR) is 123 cm³/mol. The number of carbonyl (C=O) groups excluding carboxylic acids is 2. The van der Waals surface area contributed by atoms with Gasteiger partial charge in [0.15, 0.2) is 0 Å². The first-order valence-corrected chi connectivity index (χ1v) is 11.2. The molecule has 1 saturated heterocycles. The Morgan fingerprint density at radius 2 is 1.81 bits per heavy atom. The van der Waals surface area contributed by atoms with E-state index in [4.69, 9.17) is 5.26 Å². The molecule has 0 saturated carbocycles. The zero-order valence-electron chi connectivity index (χ0n) is 19.0. The normalized spacial score (nSPS) is 13.7. The number of carbonyl (C=O) groups is 2. The van der Waals surface area contributed by atoms with Crippen molar-refractivity contribution in [2.24, 2.45) is 0 Å². The third-order valence-electron chi connectivity index (χ3n) is 5.98. The summed E-state index contributed by atoms with van der Waals surface area (Å²) in [4.78, 5) is 28.9. The van der Waals surface area contributed by atoms with E-state index in [1.165, 1.54) is 5.69 Å². The zero-order chi connectivity index (χ0) is 22.9. The molecule has 32 heavy (non-hydrogen) atoms. The van der Waals surface area contributed by atoms with Crippen molar-refractivity contribution in [1.29, 1.82) is 5.26 Å². The molecular formula is C24H32N6O2. The van der Waals surface area contributed by atoms with Crippen LogP contribution in [0.15, 0.2) is 30.3 Å². The van der Waals surface area contributed by atoms with Crippen LogP contribution in [-0.4, -0.2) is 59.2 Å². The number of aromatic nitrogens is 2. The number of amides is 2. The number of benzene rings is 1. The van der Waals surface area contributed by atoms with Crippen molar-refractivity contribution in [3.05, 3.63) is 47.3 Å². The van der Waals surface area contributed by atoms with Crippen molar-refractivity contribution in [2.75, 3.05) is 37.6 Å². The van der Waals surface area contributed by atoms with Crippen LogP contribution in [0.2, 0.25) is 0 Å². The van der Waals surface area contributed by atoms with Crippen LogP contribution in [0, 0.1) is 25.2 Å². The fourth-order valence-corrected chi connectivity index (χ4v) is 4.12. The summed E-state index contributed by atoms with van der Waals surface area (Å²) < 4.78 is 1.84. The Morgan fingerprint density at radius 3 is 2.50 bits per heavy atom. The minimum atomic E-state index is -0.0599. The minimum Gasteiger partial charge on any atom is -0.368 e. The van der Waals surface area contributed by atoms with Crippen molar-refractivity contribution in [3.63, 3.8) is 0 Å². The molecule has 0 bridgehead atoms. The van der Waals surface area contributed by atoms with Crippen LogP contribution in [0.1, 0.15) is 36.2 Å². The number of piperazine rings is 1. The van der Waals surface area contributed by atoms with Crippen LogP contribution in [-0.2, 0) is 22.6 Å². The van der Waals surface area contributed by atoms with E-state index < -0.39 is 0 Å². The van der Waals surface area contributed by atoms with Gasteiger partial charge in [0.05, 0.1) is 24.7 Å². The quantitative estimate of drug-likeness (QED) is 0.650. The van der Waals surface area contributed by atoms with Crippen LogP contribution < -0.4 is 10.2 Å². The maximum absolute atomic E-state index is 12.5. The third kappa shape index (κ3) is 6.10. The van der Waals surface area contributed by atoms with E-state index in [-0.39, 0.29) is 11.8 Å². The number of anilines is 1. The molecule has 1 aliphatic rings. The number of nitrogens with zero attached hydrogens (tertiary/aromatic N) is 5. The van der Waals surface area contributed by atoms with E-state index >= 15 is 0 Å². The van der Waals surface area contributed by atoms with E-state index in [0.717, 1.165) is 30.0 Å². The van der Waals surface area contributed by atoms with Gasteiger partial charge in [-0.15, -0.1) is 0 Å². The second-order valence-corrected chi connectivity index (χ2v) is 8.08. The Hall–Kier alpha value is -3.34. The van der Waals surface area contributed by atoms with Gasteiger partial charge in [0.25, 0.3) is 0 Å². The number of nitrogens with one attached hydrogen (secondary N) is 1. The van der Waals surface area contributed by atoms with E-state index in [2.05, 4.69) is 33.5 Å². The van der Waals surface area contributed by atoms with Crippen LogP contribution in [0.3, 0.4) is 0 Å². The topological polar surface area (TPSA) is 94.3 Å². The van der Waals surface area contributed by atoms with Gasteiger partial charge in [-0.3, -0.25) is 14.3 Å². The number of nitriles is 1. The molecule has 1 fully saturated rings. The summed E-state index contributed by atoms with van der Waals surface area (Å²) in [7, 11) is 0. The number of rotatable bonds is 9. The minimum absolute atomic E-state index is 0.0599. The molecule has 2 aromatic rings. The molecule has 0 radical (unpaired) electrons. The Labute approximate surface area is 189 Å². The Bertz CT molecular complexity index is 955. The second-order valence-electron chi connectivity index (χ2n) is 8.08. The largest absolute Gasteiger partial charge is 0.368 e. The highest BCUT2D eigenvalue weighted by atomic mass is 16.2. The summed E-state index contributed by atoms with van der Waals surface area (Å²) in [5.74, 6) is 0.0266. The summed E-state index contributed by atoms with van der Waals surface area (Å²) in [6.45, 7) is 7.88. The molecule has 1 aromatic carbocycles. The summed E-state index contributed by atoms with van der Waals surface area (Å²) in [6.07, 6.45) is 1.69. The lowest BCUT2D eigenvalue weighted by Gasteiger charge is -2.36. The SMILES string of the molecule is Cc1nn(CCC#N)c(C)c1CCC(=O)NCCC(=O)N1CCN(c2ccccc2)CC1. The first-order valence-electron chi connectivity index (χ1n) is 11.2. The average molecular weight is 437 g/mol. The molecule has 0 aliphatic carbocycles. The summed E-state index contributed by atoms with van der Waals surface area (Å²) >= 11 is 0. The van der Waals surface area contributed by atoms with E-state index in [9.17, 15) is 9.59 Å². The van der Waals surface area contributed by atoms with Gasteiger partial charge in [-0.1, -0.05) is 18.2 Å². The number of para-hydroxylation sites is 1. The molecule has 2 amide bonds. The standard InChI is InChI=1S/C24H32N6O2/c1-19-22(20(2)30(27-19)14-6-12-25)9-10-23(31)26-13-11-24(32)29-17-15-28(16-18-29)21-7-4-3-5-8-21/h3-5,7-8H,6,9-11,13-18H2,1-2H3,(H,26,31). The molecule has 1 aliphatic heterocycles. The van der Waals surface area contributed by atoms with E-state index in [1.54, 1.807) is 0 Å². The fourth-order valence-electron chi connectivity index (χ4n) is 4.12. The van der Waals surface area contributed by atoms with Gasteiger partial charge in [0.1, 0.15) is 0 Å². The van der Waals surface area contributed by atoms with Gasteiger partial charge in [-0.25, -0.2) is 0 Å². The Kier molecular flexibility index (Phi) is 8.26. The van der Waals surface area contributed by atoms with Crippen LogP contribution >= 0.6 is 0 Å². The van der Waals surface area contributed by atoms with Crippen LogP contribution in [0.5, 0.6) is 0 Å². The van der Waals surface area contributed by atoms with Gasteiger partial charge >= 0.3 is 0 Å². The first-order chi connectivity index (χ1) is 15.5. The van der Waals surface area contributed by atoms with Gasteiger partial charge in [0.2, 0.25) is 11.8 Å². The van der Waals surface area contributed by atoms with Gasteiger partial charge in [0, 0.05) is 56.9 Å². The second kappa shape index (κ2) is 11.3. The van der Waals surface area contributed by atoms with E-state index in [1.807, 2.05) is 41.6 Å². The molecule has 1 aromatic heterocycles. The van der Waals surface area contributed by atoms with Crippen molar-refractivity contribution >= 4 is 17.5 Å². The maximum atomic E-state index is 12.5. The average Bonchev–Trinajstić information content (AvgIpc) is 3.09. The zero-order valence-corrected chi connectivity index (χ0v) is 19.0. The van der Waals surface area contributed by atoms with Crippen molar-refractivity contribution < 1.29 is 9.59 Å². The lowest BCUT2D eigenvalue weighted by Crippen LogP contribution is -2.49. The molecule has 8 nitrogen and oxygen atoms in total. The van der Waals surface area contributed by atoms with Crippen molar-refractivity contribution in [2.45, 2.75) is 46.1 Å². The summed E-state index contributed by atoms with van der Waals surface area (Å²) in [5.41, 5.74) is 4.16. The molecule has 0 unspecified atom stereocenters. The van der Waals surface area contributed by atoms with Crippen LogP contribution in [0.25, 0.3) is 0 Å². The molecule has 2 heterocycles.